The molecule has 6 heteroatoms. The lowest BCUT2D eigenvalue weighted by atomic mass is 10.1. The molecule has 21 heavy (non-hydrogen) atoms. The average Bonchev–Trinajstić information content (AvgIpc) is 2.66. The Kier molecular flexibility index (Phi) is 5.52. The smallest absolute Gasteiger partial charge is 0.418 e. The van der Waals surface area contributed by atoms with Gasteiger partial charge in [0.1, 0.15) is 11.6 Å². The zero-order valence-electron chi connectivity index (χ0n) is 13.3. The fraction of sp³-hybridized carbons (Fsp3) is 0.667. The first-order valence-corrected chi connectivity index (χ1v) is 7.13. The highest BCUT2D eigenvalue weighted by molar-refractivity contribution is 6.08. The molecule has 0 saturated carbocycles. The zero-order chi connectivity index (χ0) is 16.2. The topological polar surface area (TPSA) is 72.9 Å². The number of hydrogen-bond donors (Lipinski definition) is 0. The van der Waals surface area contributed by atoms with Crippen molar-refractivity contribution >= 4 is 18.0 Å². The van der Waals surface area contributed by atoms with Gasteiger partial charge < -0.3 is 9.47 Å². The van der Waals surface area contributed by atoms with E-state index in [-0.39, 0.29) is 13.0 Å². The van der Waals surface area contributed by atoms with Gasteiger partial charge in [0.05, 0.1) is 6.61 Å². The lowest BCUT2D eigenvalue weighted by Crippen LogP contribution is -2.46. The highest BCUT2D eigenvalue weighted by atomic mass is 16.6. The number of allylic oxidation sites excluding steroid dienone is 1. The standard InChI is InChI=1S/C15H23NO5/c1-6-8-10-9-11(13(18)20-7-2)16(12(10)17)14(19)21-15(3,4)5/h8,11H,6-7,9H2,1-5H3/t11-/m0/s1. The first-order valence-electron chi connectivity index (χ1n) is 7.13. The molecule has 118 valence electrons. The van der Waals surface area contributed by atoms with E-state index >= 15 is 0 Å². The van der Waals surface area contributed by atoms with Crippen LogP contribution in [0.3, 0.4) is 0 Å². The second-order valence-electron chi connectivity index (χ2n) is 5.77. The third-order valence-corrected chi connectivity index (χ3v) is 2.82. The number of carbonyl (C=O) groups excluding carboxylic acids is 3. The van der Waals surface area contributed by atoms with E-state index in [1.807, 2.05) is 6.92 Å². The van der Waals surface area contributed by atoms with Crippen molar-refractivity contribution in [3.05, 3.63) is 11.6 Å². The van der Waals surface area contributed by atoms with Crippen LogP contribution in [-0.2, 0) is 19.1 Å². The van der Waals surface area contributed by atoms with Crippen molar-refractivity contribution < 1.29 is 23.9 Å². The molecule has 0 spiro atoms. The number of esters is 1. The molecule has 1 heterocycles. The van der Waals surface area contributed by atoms with Crippen molar-refractivity contribution in [3.8, 4) is 0 Å². The second kappa shape index (κ2) is 6.74. The SMILES string of the molecule is CCC=C1C[C@@H](C(=O)OCC)N(C(=O)OC(C)(C)C)C1=O. The van der Waals surface area contributed by atoms with Gasteiger partial charge >= 0.3 is 12.1 Å². The molecular weight excluding hydrogens is 274 g/mol. The van der Waals surface area contributed by atoms with Gasteiger partial charge in [-0.2, -0.15) is 0 Å². The number of hydrogen-bond acceptors (Lipinski definition) is 5. The van der Waals surface area contributed by atoms with Gasteiger partial charge in [-0.15, -0.1) is 0 Å². The number of carbonyl (C=O) groups is 3. The average molecular weight is 297 g/mol. The Labute approximate surface area is 125 Å². The predicted octanol–water partition coefficient (Wildman–Crippen LogP) is 2.42. The molecule has 0 aromatic heterocycles. The van der Waals surface area contributed by atoms with Crippen molar-refractivity contribution in [1.29, 1.82) is 0 Å². The summed E-state index contributed by atoms with van der Waals surface area (Å²) in [5.74, 6) is -1.07. The van der Waals surface area contributed by atoms with Crippen LogP contribution in [-0.4, -0.2) is 41.1 Å². The van der Waals surface area contributed by atoms with Crippen LogP contribution < -0.4 is 0 Å². The normalized spacial score (nSPS) is 20.8. The van der Waals surface area contributed by atoms with Crippen LogP contribution in [0.5, 0.6) is 0 Å². The molecule has 1 atom stereocenters. The molecule has 1 aliphatic heterocycles. The number of nitrogens with zero attached hydrogens (tertiary/aromatic N) is 1. The summed E-state index contributed by atoms with van der Waals surface area (Å²) in [6.45, 7) is 8.86. The van der Waals surface area contributed by atoms with E-state index in [9.17, 15) is 14.4 Å². The maximum Gasteiger partial charge on any atom is 0.418 e. The zero-order valence-corrected chi connectivity index (χ0v) is 13.3. The van der Waals surface area contributed by atoms with E-state index in [2.05, 4.69) is 0 Å². The van der Waals surface area contributed by atoms with Crippen molar-refractivity contribution in [2.75, 3.05) is 6.61 Å². The summed E-state index contributed by atoms with van der Waals surface area (Å²) in [5, 5.41) is 0. The number of likely N-dealkylation sites (tertiary alicyclic amines) is 1. The molecule has 0 unspecified atom stereocenters. The molecule has 1 rings (SSSR count). The van der Waals surface area contributed by atoms with Crippen LogP contribution in [0.1, 0.15) is 47.5 Å². The fourth-order valence-corrected chi connectivity index (χ4v) is 2.05. The first kappa shape index (κ1) is 17.2. The van der Waals surface area contributed by atoms with Gasteiger partial charge in [-0.05, 0) is 34.1 Å². The highest BCUT2D eigenvalue weighted by Crippen LogP contribution is 2.27. The van der Waals surface area contributed by atoms with Crippen molar-refractivity contribution in [2.45, 2.75) is 59.1 Å². The maximum absolute atomic E-state index is 12.3. The number of ether oxygens (including phenoxy) is 2. The van der Waals surface area contributed by atoms with Gasteiger partial charge in [0.25, 0.3) is 5.91 Å². The van der Waals surface area contributed by atoms with Crippen molar-refractivity contribution in [1.82, 2.24) is 4.90 Å². The molecule has 1 fully saturated rings. The molecule has 0 N–H and O–H groups in total. The minimum atomic E-state index is -0.940. The van der Waals surface area contributed by atoms with E-state index in [0.29, 0.717) is 12.0 Å². The quantitative estimate of drug-likeness (QED) is 0.591. The van der Waals surface area contributed by atoms with E-state index in [1.54, 1.807) is 33.8 Å². The fourth-order valence-electron chi connectivity index (χ4n) is 2.05. The highest BCUT2D eigenvalue weighted by Gasteiger charge is 2.45. The molecule has 0 radical (unpaired) electrons. The number of amides is 2. The lowest BCUT2D eigenvalue weighted by molar-refractivity contribution is -0.150. The molecule has 0 aliphatic carbocycles. The summed E-state index contributed by atoms with van der Waals surface area (Å²) in [7, 11) is 0. The molecule has 2 amide bonds. The first-order chi connectivity index (χ1) is 9.71. The van der Waals surface area contributed by atoms with E-state index in [0.717, 1.165) is 4.90 Å². The Bertz CT molecular complexity index is 461. The summed E-state index contributed by atoms with van der Waals surface area (Å²) in [4.78, 5) is 37.3. The van der Waals surface area contributed by atoms with Gasteiger partial charge in [0, 0.05) is 12.0 Å². The third-order valence-electron chi connectivity index (χ3n) is 2.82. The van der Waals surface area contributed by atoms with Gasteiger partial charge in [-0.3, -0.25) is 4.79 Å². The summed E-state index contributed by atoms with van der Waals surface area (Å²) in [6, 6.07) is -0.940. The molecule has 0 bridgehead atoms. The summed E-state index contributed by atoms with van der Waals surface area (Å²) >= 11 is 0. The van der Waals surface area contributed by atoms with Crippen molar-refractivity contribution in [2.24, 2.45) is 0 Å². The van der Waals surface area contributed by atoms with E-state index < -0.39 is 29.6 Å². The van der Waals surface area contributed by atoms with Crippen LogP contribution in [0.4, 0.5) is 4.79 Å². The molecule has 1 saturated heterocycles. The summed E-state index contributed by atoms with van der Waals surface area (Å²) in [6.07, 6.45) is 1.73. The van der Waals surface area contributed by atoms with Crippen LogP contribution in [0, 0.1) is 0 Å². The van der Waals surface area contributed by atoms with Crippen LogP contribution in [0.25, 0.3) is 0 Å². The van der Waals surface area contributed by atoms with Gasteiger partial charge in [-0.25, -0.2) is 14.5 Å². The monoisotopic (exact) mass is 297 g/mol. The van der Waals surface area contributed by atoms with Gasteiger partial charge in [0.2, 0.25) is 0 Å². The molecule has 0 aromatic carbocycles. The van der Waals surface area contributed by atoms with Crippen LogP contribution >= 0.6 is 0 Å². The van der Waals surface area contributed by atoms with E-state index in [1.165, 1.54) is 0 Å². The number of rotatable bonds is 3. The minimum Gasteiger partial charge on any atom is -0.464 e. The summed E-state index contributed by atoms with van der Waals surface area (Å²) < 4.78 is 10.2. The predicted molar refractivity (Wildman–Crippen MR) is 76.5 cm³/mol. The van der Waals surface area contributed by atoms with Gasteiger partial charge in [0.15, 0.2) is 0 Å². The Morgan fingerprint density at radius 1 is 1.33 bits per heavy atom. The van der Waals surface area contributed by atoms with Gasteiger partial charge in [-0.1, -0.05) is 13.0 Å². The lowest BCUT2D eigenvalue weighted by Gasteiger charge is -2.26. The Morgan fingerprint density at radius 3 is 2.43 bits per heavy atom. The molecule has 1 aliphatic rings. The Balaban J connectivity index is 3.04. The molecule has 6 nitrogen and oxygen atoms in total. The minimum absolute atomic E-state index is 0.171. The van der Waals surface area contributed by atoms with Crippen LogP contribution in [0.15, 0.2) is 11.6 Å². The van der Waals surface area contributed by atoms with Crippen LogP contribution in [0.2, 0.25) is 0 Å². The second-order valence-corrected chi connectivity index (χ2v) is 5.77. The van der Waals surface area contributed by atoms with Crippen molar-refractivity contribution in [3.63, 3.8) is 0 Å². The number of imide groups is 1. The Morgan fingerprint density at radius 2 is 1.95 bits per heavy atom. The molecule has 0 aromatic rings. The Hall–Kier alpha value is -1.85. The maximum atomic E-state index is 12.3. The third kappa shape index (κ3) is 4.31. The molecular formula is C15H23NO5. The summed E-state index contributed by atoms with van der Waals surface area (Å²) in [5.41, 5.74) is -0.297. The largest absolute Gasteiger partial charge is 0.464 e. The van der Waals surface area contributed by atoms with E-state index in [4.69, 9.17) is 9.47 Å².